The highest BCUT2D eigenvalue weighted by atomic mass is 16.3. The first-order valence-electron chi connectivity index (χ1n) is 9.55. The van der Waals surface area contributed by atoms with E-state index in [9.17, 15) is 5.11 Å². The molecule has 4 nitrogen and oxygen atoms in total. The van der Waals surface area contributed by atoms with Gasteiger partial charge in [0.15, 0.2) is 5.69 Å². The molecule has 0 bridgehead atoms. The zero-order valence-electron chi connectivity index (χ0n) is 15.9. The maximum Gasteiger partial charge on any atom is 0.190 e. The second-order valence-corrected chi connectivity index (χ2v) is 7.70. The summed E-state index contributed by atoms with van der Waals surface area (Å²) in [6, 6.07) is 10.6. The lowest BCUT2D eigenvalue weighted by Gasteiger charge is -2.27. The number of nitrogen functional groups attached to an aromatic ring is 1. The summed E-state index contributed by atoms with van der Waals surface area (Å²) in [6.07, 6.45) is 5.69. The third-order valence-electron chi connectivity index (χ3n) is 6.00. The summed E-state index contributed by atoms with van der Waals surface area (Å²) in [5.74, 6) is 0. The van der Waals surface area contributed by atoms with Crippen LogP contribution in [0.4, 0.5) is 11.4 Å². The number of anilines is 1. The highest BCUT2D eigenvalue weighted by Gasteiger charge is 2.24. The Kier molecular flexibility index (Phi) is 4.41. The molecule has 3 aromatic rings. The van der Waals surface area contributed by atoms with Crippen molar-refractivity contribution in [2.24, 2.45) is 0 Å². The molecule has 138 valence electrons. The molecule has 3 N–H and O–H groups in total. The molecule has 0 atom stereocenters. The second kappa shape index (κ2) is 6.75. The van der Waals surface area contributed by atoms with Gasteiger partial charge in [-0.1, -0.05) is 12.1 Å². The van der Waals surface area contributed by atoms with Crippen molar-refractivity contribution in [3.8, 4) is 11.1 Å². The molecular weight excluding hydrogens is 334 g/mol. The predicted molar refractivity (Wildman–Crippen MR) is 111 cm³/mol. The summed E-state index contributed by atoms with van der Waals surface area (Å²) in [6.45, 7) is 11.6. The lowest BCUT2D eigenvalue weighted by atomic mass is 9.93. The zero-order chi connectivity index (χ0) is 19.1. The number of aromatic nitrogens is 1. The van der Waals surface area contributed by atoms with E-state index in [1.165, 1.54) is 0 Å². The van der Waals surface area contributed by atoms with Crippen LogP contribution >= 0.6 is 0 Å². The maximum atomic E-state index is 9.89. The Morgan fingerprint density at radius 3 is 2.56 bits per heavy atom. The van der Waals surface area contributed by atoms with E-state index in [4.69, 9.17) is 12.3 Å². The van der Waals surface area contributed by atoms with Crippen molar-refractivity contribution >= 4 is 22.3 Å². The number of hydrogen-bond acceptors (Lipinski definition) is 2. The van der Waals surface area contributed by atoms with E-state index in [-0.39, 0.29) is 6.10 Å². The number of fused-ring (bicyclic) bond motifs is 1. The van der Waals surface area contributed by atoms with E-state index >= 15 is 0 Å². The summed E-state index contributed by atoms with van der Waals surface area (Å²) in [7, 11) is 0. The molecule has 2 aromatic carbocycles. The Balaban J connectivity index is 1.96. The first-order chi connectivity index (χ1) is 13.0. The SMILES string of the molecule is [C-]#[N+]c1cc2c(-c3cccc(N)c3C)cn(C3CCC(O)CC3)c2cc1C. The van der Waals surface area contributed by atoms with E-state index in [1.807, 2.05) is 25.1 Å². The lowest BCUT2D eigenvalue weighted by Crippen LogP contribution is -2.20. The van der Waals surface area contributed by atoms with Crippen LogP contribution in [0.2, 0.25) is 0 Å². The fraction of sp³-hybridized carbons (Fsp3) is 0.348. The molecule has 1 aliphatic carbocycles. The standard InChI is InChI=1S/C23H25N3O/c1-14-11-23-19(12-22(14)25-3)20(18-5-4-6-21(24)15(18)2)13-26(23)16-7-9-17(27)10-8-16/h4-6,11-13,16-17,27H,7-10,24H2,1-2H3. The third kappa shape index (κ3) is 2.98. The van der Waals surface area contributed by atoms with Crippen molar-refractivity contribution in [3.05, 3.63) is 59.1 Å². The summed E-state index contributed by atoms with van der Waals surface area (Å²) >= 11 is 0. The van der Waals surface area contributed by atoms with Crippen LogP contribution in [-0.2, 0) is 0 Å². The van der Waals surface area contributed by atoms with Crippen LogP contribution in [0.3, 0.4) is 0 Å². The molecule has 0 aliphatic heterocycles. The number of aryl methyl sites for hydroxylation is 1. The highest BCUT2D eigenvalue weighted by molar-refractivity contribution is 6.00. The van der Waals surface area contributed by atoms with E-state index in [2.05, 4.69) is 34.7 Å². The number of hydrogen-bond donors (Lipinski definition) is 2. The fourth-order valence-electron chi connectivity index (χ4n) is 4.31. The molecule has 0 saturated heterocycles. The van der Waals surface area contributed by atoms with Gasteiger partial charge in [0.1, 0.15) is 0 Å². The molecule has 0 amide bonds. The summed E-state index contributed by atoms with van der Waals surface area (Å²) in [5.41, 5.74) is 13.1. The van der Waals surface area contributed by atoms with Gasteiger partial charge in [-0.25, -0.2) is 4.85 Å². The van der Waals surface area contributed by atoms with Crippen molar-refractivity contribution in [1.82, 2.24) is 4.57 Å². The van der Waals surface area contributed by atoms with Gasteiger partial charge in [0, 0.05) is 29.0 Å². The van der Waals surface area contributed by atoms with E-state index in [1.54, 1.807) is 0 Å². The monoisotopic (exact) mass is 359 g/mol. The summed E-state index contributed by atoms with van der Waals surface area (Å²) in [4.78, 5) is 3.71. The van der Waals surface area contributed by atoms with E-state index in [0.29, 0.717) is 11.7 Å². The molecule has 0 radical (unpaired) electrons. The van der Waals surface area contributed by atoms with Gasteiger partial charge in [-0.05, 0) is 79.8 Å². The van der Waals surface area contributed by atoms with E-state index < -0.39 is 0 Å². The first kappa shape index (κ1) is 17.6. The maximum absolute atomic E-state index is 9.89. The Hall–Kier alpha value is -2.77. The minimum atomic E-state index is -0.172. The number of aliphatic hydroxyl groups excluding tert-OH is 1. The van der Waals surface area contributed by atoms with Gasteiger partial charge in [-0.3, -0.25) is 0 Å². The molecule has 0 spiro atoms. The van der Waals surface area contributed by atoms with Crippen LogP contribution in [0.1, 0.15) is 42.9 Å². The molecule has 1 aliphatic rings. The van der Waals surface area contributed by atoms with Crippen LogP contribution < -0.4 is 5.73 Å². The normalized spacial score (nSPS) is 19.9. The molecule has 1 heterocycles. The molecule has 0 unspecified atom stereocenters. The van der Waals surface area contributed by atoms with Gasteiger partial charge in [-0.2, -0.15) is 0 Å². The van der Waals surface area contributed by atoms with Crippen molar-refractivity contribution in [1.29, 1.82) is 0 Å². The molecule has 4 heteroatoms. The van der Waals surface area contributed by atoms with Gasteiger partial charge in [-0.15, -0.1) is 0 Å². The average Bonchev–Trinajstić information content (AvgIpc) is 3.02. The number of rotatable bonds is 2. The minimum absolute atomic E-state index is 0.172. The first-order valence-corrected chi connectivity index (χ1v) is 9.55. The van der Waals surface area contributed by atoms with Crippen molar-refractivity contribution in [2.75, 3.05) is 5.73 Å². The Bertz CT molecular complexity index is 1050. The van der Waals surface area contributed by atoms with Gasteiger partial charge in [0.25, 0.3) is 0 Å². The second-order valence-electron chi connectivity index (χ2n) is 7.70. The number of benzene rings is 2. The smallest absolute Gasteiger partial charge is 0.190 e. The quantitative estimate of drug-likeness (QED) is 0.466. The average molecular weight is 359 g/mol. The van der Waals surface area contributed by atoms with Crippen molar-refractivity contribution in [2.45, 2.75) is 51.7 Å². The molecule has 1 saturated carbocycles. The Labute approximate surface area is 160 Å². The number of aliphatic hydroxyl groups is 1. The molecule has 4 rings (SSSR count). The highest BCUT2D eigenvalue weighted by Crippen LogP contribution is 2.41. The van der Waals surface area contributed by atoms with Crippen molar-refractivity contribution in [3.63, 3.8) is 0 Å². The predicted octanol–water partition coefficient (Wildman–Crippen LogP) is 5.53. The van der Waals surface area contributed by atoms with Crippen LogP contribution in [-0.4, -0.2) is 15.8 Å². The number of nitrogens with zero attached hydrogens (tertiary/aromatic N) is 2. The fourth-order valence-corrected chi connectivity index (χ4v) is 4.31. The lowest BCUT2D eigenvalue weighted by molar-refractivity contribution is 0.111. The molecule has 27 heavy (non-hydrogen) atoms. The van der Waals surface area contributed by atoms with Crippen LogP contribution in [0.25, 0.3) is 26.9 Å². The van der Waals surface area contributed by atoms with Gasteiger partial charge in [0.2, 0.25) is 0 Å². The third-order valence-corrected chi connectivity index (χ3v) is 6.00. The molecule has 1 fully saturated rings. The number of nitrogens with two attached hydrogens (primary N) is 1. The van der Waals surface area contributed by atoms with Gasteiger partial charge >= 0.3 is 0 Å². The summed E-state index contributed by atoms with van der Waals surface area (Å²) in [5, 5.41) is 11.0. The topological polar surface area (TPSA) is 55.5 Å². The Morgan fingerprint density at radius 2 is 1.85 bits per heavy atom. The van der Waals surface area contributed by atoms with Crippen LogP contribution in [0.15, 0.2) is 36.5 Å². The van der Waals surface area contributed by atoms with Crippen LogP contribution in [0, 0.1) is 20.4 Å². The van der Waals surface area contributed by atoms with Crippen molar-refractivity contribution < 1.29 is 5.11 Å². The van der Waals surface area contributed by atoms with Gasteiger partial charge < -0.3 is 15.4 Å². The van der Waals surface area contributed by atoms with Gasteiger partial charge in [0.05, 0.1) is 12.7 Å². The molecule has 1 aromatic heterocycles. The zero-order valence-corrected chi connectivity index (χ0v) is 15.9. The summed E-state index contributed by atoms with van der Waals surface area (Å²) < 4.78 is 2.36. The largest absolute Gasteiger partial charge is 0.398 e. The molecular formula is C23H25N3O. The Morgan fingerprint density at radius 1 is 1.11 bits per heavy atom. The van der Waals surface area contributed by atoms with Crippen LogP contribution in [0.5, 0.6) is 0 Å². The minimum Gasteiger partial charge on any atom is -0.398 e. The van der Waals surface area contributed by atoms with E-state index in [0.717, 1.165) is 64.5 Å².